The van der Waals surface area contributed by atoms with Crippen LogP contribution in [0.5, 0.6) is 0 Å². The van der Waals surface area contributed by atoms with Gasteiger partial charge in [0.1, 0.15) is 0 Å². The van der Waals surface area contributed by atoms with E-state index in [9.17, 15) is 60.7 Å². The van der Waals surface area contributed by atoms with Gasteiger partial charge in [-0.2, -0.15) is 0 Å². The van der Waals surface area contributed by atoms with E-state index in [-0.39, 0.29) is 0 Å². The first-order valence-corrected chi connectivity index (χ1v) is 5.65. The van der Waals surface area contributed by atoms with Gasteiger partial charge in [-0.1, -0.05) is 0 Å². The van der Waals surface area contributed by atoms with Gasteiger partial charge in [-0.15, -0.1) is 0 Å². The van der Waals surface area contributed by atoms with Gasteiger partial charge in [-0.05, 0) is 0 Å². The molecule has 0 saturated carbocycles. The van der Waals surface area contributed by atoms with E-state index in [1.165, 1.54) is 0 Å². The topological polar surface area (TPSA) is 259 Å². The van der Waals surface area contributed by atoms with Crippen molar-refractivity contribution in [3.8, 4) is 0 Å². The molecule has 0 atom stereocenters. The Morgan fingerprint density at radius 1 is 0.476 bits per heavy atom. The van der Waals surface area contributed by atoms with Gasteiger partial charge in [0.05, 0.1) is 0 Å². The van der Waals surface area contributed by atoms with E-state index in [0.29, 0.717) is 0 Å². The molecule has 0 aromatic rings. The molecule has 0 heterocycles. The number of hydrogen-bond donors (Lipinski definition) is 0. The molecule has 0 unspecified atom stereocenters. The summed E-state index contributed by atoms with van der Waals surface area (Å²) in [5.74, 6) is 0. The van der Waals surface area contributed by atoms with Gasteiger partial charge in [0.15, 0.2) is 0 Å². The van der Waals surface area contributed by atoms with Crippen LogP contribution >= 0.6 is 0 Å². The fourth-order valence-corrected chi connectivity index (χ4v) is 2.52. The Labute approximate surface area is 115 Å². The summed E-state index contributed by atoms with van der Waals surface area (Å²) < 4.78 is -9.33. The summed E-state index contributed by atoms with van der Waals surface area (Å²) in [5, 5.41) is 63.1. The fraction of sp³-hybridized carbons (Fsp3) is 1.00. The average Bonchev–Trinajstić information content (AvgIpc) is 2.26. The van der Waals surface area contributed by atoms with Crippen molar-refractivity contribution >= 4 is 15.0 Å². The van der Waals surface area contributed by atoms with Gasteiger partial charge < -0.3 is 0 Å². The molecular weight excluding hydrogens is 379 g/mol. The summed E-state index contributed by atoms with van der Waals surface area (Å²) in [5.41, 5.74) is 0. The zero-order chi connectivity index (χ0) is 17.2. The first kappa shape index (κ1) is 17.9. The number of nitrogens with zero attached hydrogens (tertiary/aromatic N) is 6. The minimum atomic E-state index is -4.67. The Kier molecular flexibility index (Phi) is 4.69. The van der Waals surface area contributed by atoms with Crippen molar-refractivity contribution in [2.24, 2.45) is 0 Å². The molecule has 0 bridgehead atoms. The Morgan fingerprint density at radius 3 is 0.714 bits per heavy atom. The molecule has 0 rings (SSSR count). The zero-order valence-corrected chi connectivity index (χ0v) is 10.7. The summed E-state index contributed by atoms with van der Waals surface area (Å²) in [4.78, 5) is 49.5. The molecule has 0 fully saturated rings. The molecule has 0 spiro atoms. The molecule has 19 heteroatoms. The van der Waals surface area contributed by atoms with Crippen LogP contribution in [0.25, 0.3) is 0 Å². The molecule has 0 saturated heterocycles. The third-order valence-electron chi connectivity index (χ3n) is 1.70. The molecule has 18 nitrogen and oxygen atoms in total. The molecule has 0 aliphatic heterocycles. The van der Waals surface area contributed by atoms with Crippen molar-refractivity contribution in [1.29, 1.82) is 0 Å². The Bertz CT molecular complexity index is 434. The quantitative estimate of drug-likeness (QED) is 0.184. The molecule has 0 aromatic carbocycles. The van der Waals surface area contributed by atoms with Crippen molar-refractivity contribution < 1.29 is 29.5 Å². The summed E-state index contributed by atoms with van der Waals surface area (Å²) in [7, 11) is 0. The van der Waals surface area contributed by atoms with Crippen LogP contribution in [-0.2, 0) is 0 Å². The second-order valence-electron chi connectivity index (χ2n) is 2.79. The van der Waals surface area contributed by atoms with E-state index < -0.39 is 53.9 Å². The second kappa shape index (κ2) is 5.50. The van der Waals surface area contributed by atoms with E-state index in [2.05, 4.69) is 0 Å². The van der Waals surface area contributed by atoms with Crippen LogP contribution < -0.4 is 0 Å². The van der Waals surface area contributed by atoms with Crippen LogP contribution in [0.1, 0.15) is 0 Å². The van der Waals surface area contributed by atoms with E-state index in [1.54, 1.807) is 0 Å². The van der Waals surface area contributed by atoms with Crippen LogP contribution in [0, 0.1) is 60.7 Å². The van der Waals surface area contributed by atoms with Gasteiger partial charge in [-0.25, -0.2) is 0 Å². The minimum absolute atomic E-state index is 2.27. The molecular formula is C2N6O12Se. The molecule has 21 heavy (non-hydrogen) atoms. The van der Waals surface area contributed by atoms with Crippen molar-refractivity contribution in [3.05, 3.63) is 60.7 Å². The van der Waals surface area contributed by atoms with Gasteiger partial charge in [0.2, 0.25) is 0 Å². The zero-order valence-electron chi connectivity index (χ0n) is 8.99. The first-order valence-electron chi connectivity index (χ1n) is 3.94. The van der Waals surface area contributed by atoms with Crippen LogP contribution in [0.15, 0.2) is 0 Å². The maximum atomic E-state index is 10.5. The van der Waals surface area contributed by atoms with E-state index in [1.807, 2.05) is 0 Å². The summed E-state index contributed by atoms with van der Waals surface area (Å²) in [6.07, 6.45) is 0. The van der Waals surface area contributed by atoms with Crippen LogP contribution in [-0.4, -0.2) is 53.9 Å². The Morgan fingerprint density at radius 2 is 0.619 bits per heavy atom. The van der Waals surface area contributed by atoms with E-state index in [0.717, 1.165) is 0 Å². The monoisotopic (exact) mass is 380 g/mol. The van der Waals surface area contributed by atoms with E-state index in [4.69, 9.17) is 0 Å². The molecule has 0 N–H and O–H groups in total. The van der Waals surface area contributed by atoms with Crippen molar-refractivity contribution in [2.75, 3.05) is 0 Å². The van der Waals surface area contributed by atoms with Crippen LogP contribution in [0.2, 0.25) is 0 Å². The predicted molar refractivity (Wildman–Crippen MR) is 53.2 cm³/mol. The Hall–Kier alpha value is -3.08. The summed E-state index contributed by atoms with van der Waals surface area (Å²) in [6, 6.07) is 0. The van der Waals surface area contributed by atoms with Crippen LogP contribution in [0.4, 0.5) is 0 Å². The summed E-state index contributed by atoms with van der Waals surface area (Å²) >= 11 is -3.56. The Balaban J connectivity index is 6.47. The van der Waals surface area contributed by atoms with Crippen LogP contribution in [0.3, 0.4) is 0 Å². The van der Waals surface area contributed by atoms with Gasteiger partial charge in [0, 0.05) is 0 Å². The normalized spacial score (nSPS) is 11.4. The molecule has 0 aromatic heterocycles. The third kappa shape index (κ3) is 2.49. The first-order chi connectivity index (χ1) is 9.37. The maximum absolute atomic E-state index is 10.5. The molecule has 0 amide bonds. The number of nitro groups is 6. The average molecular weight is 379 g/mol. The van der Waals surface area contributed by atoms with E-state index >= 15 is 0 Å². The fourth-order valence-electron chi connectivity index (χ4n) is 0.807. The SMILES string of the molecule is O=[N+]([O-])C([Se]C([N+](=O)[O-])([N+](=O)[O-])[N+](=O)[O-])([N+](=O)[O-])[N+](=O)[O-]. The molecule has 0 radical (unpaired) electrons. The molecule has 116 valence electrons. The van der Waals surface area contributed by atoms with Gasteiger partial charge in [-0.3, -0.25) is 0 Å². The van der Waals surface area contributed by atoms with Gasteiger partial charge >= 0.3 is 115 Å². The van der Waals surface area contributed by atoms with Crippen molar-refractivity contribution in [3.63, 3.8) is 0 Å². The van der Waals surface area contributed by atoms with Gasteiger partial charge in [0.25, 0.3) is 0 Å². The third-order valence-corrected chi connectivity index (χ3v) is 4.73. The van der Waals surface area contributed by atoms with Crippen molar-refractivity contribution in [2.45, 2.75) is 9.37 Å². The predicted octanol–water partition coefficient (Wildman–Crippen LogP) is -2.43. The number of hydrogen-bond acceptors (Lipinski definition) is 12. The van der Waals surface area contributed by atoms with Crippen molar-refractivity contribution in [1.82, 2.24) is 0 Å². The molecule has 0 aliphatic rings. The second-order valence-corrected chi connectivity index (χ2v) is 5.52. The summed E-state index contributed by atoms with van der Waals surface area (Å²) in [6.45, 7) is 0. The standard InChI is InChI=1S/C2N6O12Se/c9-3(10)1(4(11)12,5(13)14)21-2(6(15)16,7(17)18)8(19)20. The molecule has 0 aliphatic carbocycles. The number of rotatable bonds is 8.